The standard InChI is InChI=1S/C17H11Cl3N2O4S2/c1-9-6-10(18)7-14(20)17(9)28(25,26)21-15-4-5-27-16(15)12-8-11(22(23)24)2-3-13(12)19/h2-8,21H,1H3. The lowest BCUT2D eigenvalue weighted by Crippen LogP contribution is -2.15. The Morgan fingerprint density at radius 2 is 1.79 bits per heavy atom. The molecule has 0 fully saturated rings. The summed E-state index contributed by atoms with van der Waals surface area (Å²) in [6.07, 6.45) is 0. The number of nitro groups is 1. The van der Waals surface area contributed by atoms with E-state index in [9.17, 15) is 18.5 Å². The third-order valence-electron chi connectivity index (χ3n) is 3.78. The summed E-state index contributed by atoms with van der Waals surface area (Å²) < 4.78 is 28.3. The molecule has 0 aliphatic heterocycles. The highest BCUT2D eigenvalue weighted by Crippen LogP contribution is 2.41. The van der Waals surface area contributed by atoms with Crippen LogP contribution in [0, 0.1) is 17.0 Å². The predicted molar refractivity (Wildman–Crippen MR) is 113 cm³/mol. The molecule has 1 aromatic heterocycles. The van der Waals surface area contributed by atoms with Crippen molar-refractivity contribution in [2.24, 2.45) is 0 Å². The van der Waals surface area contributed by atoms with Crippen LogP contribution in [-0.2, 0) is 10.0 Å². The van der Waals surface area contributed by atoms with E-state index in [-0.39, 0.29) is 26.3 Å². The van der Waals surface area contributed by atoms with Crippen molar-refractivity contribution in [3.63, 3.8) is 0 Å². The number of thiophene rings is 1. The van der Waals surface area contributed by atoms with Crippen LogP contribution in [0.25, 0.3) is 10.4 Å². The minimum Gasteiger partial charge on any atom is -0.278 e. The number of sulfonamides is 1. The quantitative estimate of drug-likeness (QED) is 0.340. The molecule has 146 valence electrons. The molecule has 0 saturated carbocycles. The van der Waals surface area contributed by atoms with Gasteiger partial charge in [-0.1, -0.05) is 34.8 Å². The zero-order valence-corrected chi connectivity index (χ0v) is 18.0. The first-order valence-electron chi connectivity index (χ1n) is 7.60. The molecule has 0 amide bonds. The Balaban J connectivity index is 2.07. The maximum absolute atomic E-state index is 12.9. The summed E-state index contributed by atoms with van der Waals surface area (Å²) in [7, 11) is -4.04. The van der Waals surface area contributed by atoms with Crippen LogP contribution in [0.15, 0.2) is 46.7 Å². The molecule has 1 N–H and O–H groups in total. The Morgan fingerprint density at radius 3 is 2.43 bits per heavy atom. The molecular formula is C17H11Cl3N2O4S2. The summed E-state index contributed by atoms with van der Waals surface area (Å²) in [5, 5.41) is 13.3. The normalized spacial score (nSPS) is 11.4. The van der Waals surface area contributed by atoms with E-state index in [1.165, 1.54) is 41.7 Å². The van der Waals surface area contributed by atoms with Crippen molar-refractivity contribution in [2.75, 3.05) is 4.72 Å². The maximum atomic E-state index is 12.9. The van der Waals surface area contributed by atoms with E-state index in [0.29, 0.717) is 21.0 Å². The first-order chi connectivity index (χ1) is 13.1. The Hall–Kier alpha value is -1.84. The first kappa shape index (κ1) is 20.9. The minimum absolute atomic E-state index is 0.0114. The highest BCUT2D eigenvalue weighted by atomic mass is 35.5. The Kier molecular flexibility index (Phi) is 5.88. The highest BCUT2D eigenvalue weighted by molar-refractivity contribution is 7.93. The van der Waals surface area contributed by atoms with Crippen LogP contribution in [-0.4, -0.2) is 13.3 Å². The Bertz CT molecular complexity index is 1170. The molecule has 0 spiro atoms. The zero-order valence-electron chi connectivity index (χ0n) is 14.1. The van der Waals surface area contributed by atoms with Gasteiger partial charge in [-0.15, -0.1) is 11.3 Å². The monoisotopic (exact) mass is 476 g/mol. The summed E-state index contributed by atoms with van der Waals surface area (Å²) in [6, 6.07) is 8.36. The number of nitro benzene ring substituents is 1. The number of aryl methyl sites for hydroxylation is 1. The van der Waals surface area contributed by atoms with Gasteiger partial charge in [-0.3, -0.25) is 14.8 Å². The van der Waals surface area contributed by atoms with E-state index >= 15 is 0 Å². The van der Waals surface area contributed by atoms with E-state index in [4.69, 9.17) is 34.8 Å². The van der Waals surface area contributed by atoms with Crippen LogP contribution in [0.1, 0.15) is 5.56 Å². The highest BCUT2D eigenvalue weighted by Gasteiger charge is 2.24. The molecule has 3 aromatic rings. The lowest BCUT2D eigenvalue weighted by atomic mass is 10.1. The average Bonchev–Trinajstić information content (AvgIpc) is 3.00. The van der Waals surface area contributed by atoms with Gasteiger partial charge in [0.25, 0.3) is 15.7 Å². The second-order valence-electron chi connectivity index (χ2n) is 5.72. The molecule has 0 atom stereocenters. The van der Waals surface area contributed by atoms with Crippen LogP contribution in [0.2, 0.25) is 15.1 Å². The van der Waals surface area contributed by atoms with Crippen LogP contribution in [0.3, 0.4) is 0 Å². The summed E-state index contributed by atoms with van der Waals surface area (Å²) in [6.45, 7) is 1.58. The number of rotatable bonds is 5. The molecule has 0 aliphatic rings. The van der Waals surface area contributed by atoms with Crippen LogP contribution >= 0.6 is 46.1 Å². The van der Waals surface area contributed by atoms with Gasteiger partial charge >= 0.3 is 0 Å². The van der Waals surface area contributed by atoms with E-state index in [2.05, 4.69) is 4.72 Å². The molecule has 6 nitrogen and oxygen atoms in total. The van der Waals surface area contributed by atoms with Crippen molar-refractivity contribution in [1.82, 2.24) is 0 Å². The van der Waals surface area contributed by atoms with Gasteiger partial charge in [0, 0.05) is 27.7 Å². The average molecular weight is 478 g/mol. The number of non-ortho nitro benzene ring substituents is 1. The number of hydrogen-bond donors (Lipinski definition) is 1. The van der Waals surface area contributed by atoms with Gasteiger partial charge in [0.15, 0.2) is 0 Å². The Morgan fingerprint density at radius 1 is 1.07 bits per heavy atom. The fourth-order valence-corrected chi connectivity index (χ4v) is 6.10. The number of hydrogen-bond acceptors (Lipinski definition) is 5. The van der Waals surface area contributed by atoms with Gasteiger partial charge in [-0.05, 0) is 42.1 Å². The van der Waals surface area contributed by atoms with E-state index in [0.717, 1.165) is 0 Å². The van der Waals surface area contributed by atoms with Crippen molar-refractivity contribution in [2.45, 2.75) is 11.8 Å². The minimum atomic E-state index is -4.04. The van der Waals surface area contributed by atoms with Crippen molar-refractivity contribution in [3.05, 3.63) is 72.5 Å². The molecule has 2 aromatic carbocycles. The van der Waals surface area contributed by atoms with E-state index in [1.54, 1.807) is 18.4 Å². The van der Waals surface area contributed by atoms with Crippen molar-refractivity contribution < 1.29 is 13.3 Å². The second-order valence-corrected chi connectivity index (χ2v) is 9.51. The SMILES string of the molecule is Cc1cc(Cl)cc(Cl)c1S(=O)(=O)Nc1ccsc1-c1cc([N+](=O)[O-])ccc1Cl. The fraction of sp³-hybridized carbons (Fsp3) is 0.0588. The van der Waals surface area contributed by atoms with Gasteiger partial charge in [-0.2, -0.15) is 0 Å². The molecule has 0 unspecified atom stereocenters. The summed E-state index contributed by atoms with van der Waals surface area (Å²) in [5.74, 6) is 0. The lowest BCUT2D eigenvalue weighted by molar-refractivity contribution is -0.384. The van der Waals surface area contributed by atoms with Gasteiger partial charge in [-0.25, -0.2) is 8.42 Å². The van der Waals surface area contributed by atoms with Gasteiger partial charge in [0.05, 0.1) is 20.5 Å². The maximum Gasteiger partial charge on any atom is 0.270 e. The van der Waals surface area contributed by atoms with Gasteiger partial charge < -0.3 is 0 Å². The molecule has 1 heterocycles. The van der Waals surface area contributed by atoms with Crippen molar-refractivity contribution >= 4 is 67.5 Å². The van der Waals surface area contributed by atoms with Crippen LogP contribution in [0.4, 0.5) is 11.4 Å². The zero-order chi connectivity index (χ0) is 20.6. The van der Waals surface area contributed by atoms with Gasteiger partial charge in [0.1, 0.15) is 4.90 Å². The lowest BCUT2D eigenvalue weighted by Gasteiger charge is -2.13. The number of nitrogens with zero attached hydrogens (tertiary/aromatic N) is 1. The van der Waals surface area contributed by atoms with Gasteiger partial charge in [0.2, 0.25) is 0 Å². The third-order valence-corrected chi connectivity index (χ3v) is 7.25. The van der Waals surface area contributed by atoms with E-state index < -0.39 is 14.9 Å². The molecular weight excluding hydrogens is 467 g/mol. The smallest absolute Gasteiger partial charge is 0.270 e. The molecule has 0 radical (unpaired) electrons. The molecule has 3 rings (SSSR count). The Labute approximate surface area is 179 Å². The van der Waals surface area contributed by atoms with Crippen molar-refractivity contribution in [3.8, 4) is 10.4 Å². The molecule has 0 aliphatic carbocycles. The number of anilines is 1. The largest absolute Gasteiger partial charge is 0.278 e. The summed E-state index contributed by atoms with van der Waals surface area (Å²) >= 11 is 19.4. The molecule has 11 heteroatoms. The van der Waals surface area contributed by atoms with Crippen molar-refractivity contribution in [1.29, 1.82) is 0 Å². The van der Waals surface area contributed by atoms with Crippen LogP contribution in [0.5, 0.6) is 0 Å². The number of halogens is 3. The predicted octanol–water partition coefficient (Wildman–Crippen LogP) is 6.39. The molecule has 0 bridgehead atoms. The first-order valence-corrected chi connectivity index (χ1v) is 11.1. The third kappa shape index (κ3) is 4.11. The number of nitrogens with one attached hydrogen (secondary N) is 1. The second kappa shape index (κ2) is 7.88. The van der Waals surface area contributed by atoms with E-state index in [1.807, 2.05) is 0 Å². The fourth-order valence-electron chi connectivity index (χ4n) is 2.62. The number of benzene rings is 2. The molecule has 28 heavy (non-hydrogen) atoms. The summed E-state index contributed by atoms with van der Waals surface area (Å²) in [4.78, 5) is 10.9. The summed E-state index contributed by atoms with van der Waals surface area (Å²) in [5.41, 5.74) is 0.814. The molecule has 0 saturated heterocycles. The van der Waals surface area contributed by atoms with Crippen LogP contribution < -0.4 is 4.72 Å². The topological polar surface area (TPSA) is 89.3 Å².